The Bertz CT molecular complexity index is 466. The summed E-state index contributed by atoms with van der Waals surface area (Å²) in [5.74, 6) is -2.28. The van der Waals surface area contributed by atoms with Gasteiger partial charge in [0.15, 0.2) is 0 Å². The summed E-state index contributed by atoms with van der Waals surface area (Å²) in [5.41, 5.74) is -0.427. The standard InChI is InChI=1S/C13H16ClF2NO2/c1-7(2)3-8(6-18)17-13(19)9-4-12(16)10(14)5-11(9)15/h4-5,7-8,18H,3,6H2,1-2H3,(H,17,19). The Kier molecular flexibility index (Phi) is 5.69. The first-order valence-electron chi connectivity index (χ1n) is 5.91. The van der Waals surface area contributed by atoms with Crippen LogP contribution in [0.15, 0.2) is 12.1 Å². The predicted molar refractivity (Wildman–Crippen MR) is 69.2 cm³/mol. The molecule has 0 saturated heterocycles. The Morgan fingerprint density at radius 2 is 2.00 bits per heavy atom. The molecular weight excluding hydrogens is 276 g/mol. The van der Waals surface area contributed by atoms with E-state index < -0.39 is 29.1 Å². The molecule has 1 atom stereocenters. The second-order valence-corrected chi connectivity index (χ2v) is 5.14. The molecular formula is C13H16ClF2NO2. The van der Waals surface area contributed by atoms with Gasteiger partial charge in [0.1, 0.15) is 11.6 Å². The van der Waals surface area contributed by atoms with E-state index >= 15 is 0 Å². The van der Waals surface area contributed by atoms with Gasteiger partial charge in [0.2, 0.25) is 0 Å². The number of nitrogens with one attached hydrogen (secondary N) is 1. The molecule has 1 aromatic carbocycles. The highest BCUT2D eigenvalue weighted by atomic mass is 35.5. The van der Waals surface area contributed by atoms with E-state index in [4.69, 9.17) is 16.7 Å². The zero-order valence-electron chi connectivity index (χ0n) is 10.7. The van der Waals surface area contributed by atoms with Gasteiger partial charge in [0.25, 0.3) is 5.91 Å². The van der Waals surface area contributed by atoms with Crippen LogP contribution in [0, 0.1) is 17.6 Å². The van der Waals surface area contributed by atoms with Crippen LogP contribution in [0.5, 0.6) is 0 Å². The van der Waals surface area contributed by atoms with Gasteiger partial charge in [0, 0.05) is 0 Å². The number of hydrogen-bond donors (Lipinski definition) is 2. The molecule has 106 valence electrons. The molecule has 0 aromatic heterocycles. The van der Waals surface area contributed by atoms with Gasteiger partial charge in [-0.1, -0.05) is 25.4 Å². The summed E-state index contributed by atoms with van der Waals surface area (Å²) in [7, 11) is 0. The Hall–Kier alpha value is -1.20. The van der Waals surface area contributed by atoms with E-state index in [-0.39, 0.29) is 17.5 Å². The van der Waals surface area contributed by atoms with E-state index in [2.05, 4.69) is 5.32 Å². The second kappa shape index (κ2) is 6.82. The van der Waals surface area contributed by atoms with Crippen LogP contribution in [0.3, 0.4) is 0 Å². The number of hydrogen-bond acceptors (Lipinski definition) is 2. The molecule has 0 aliphatic carbocycles. The number of carbonyl (C=O) groups is 1. The van der Waals surface area contributed by atoms with Crippen LogP contribution in [-0.2, 0) is 0 Å². The molecule has 0 aliphatic heterocycles. The van der Waals surface area contributed by atoms with Crippen LogP contribution in [0.25, 0.3) is 0 Å². The Morgan fingerprint density at radius 1 is 1.37 bits per heavy atom. The maximum Gasteiger partial charge on any atom is 0.254 e. The largest absolute Gasteiger partial charge is 0.394 e. The van der Waals surface area contributed by atoms with E-state index in [1.54, 1.807) is 0 Å². The van der Waals surface area contributed by atoms with Crippen molar-refractivity contribution < 1.29 is 18.7 Å². The molecule has 1 unspecified atom stereocenters. The van der Waals surface area contributed by atoms with E-state index in [9.17, 15) is 13.6 Å². The van der Waals surface area contributed by atoms with Crippen LogP contribution in [0.4, 0.5) is 8.78 Å². The van der Waals surface area contributed by atoms with Gasteiger partial charge in [-0.3, -0.25) is 4.79 Å². The van der Waals surface area contributed by atoms with Crippen LogP contribution in [-0.4, -0.2) is 23.7 Å². The summed E-state index contributed by atoms with van der Waals surface area (Å²) < 4.78 is 26.7. The fourth-order valence-corrected chi connectivity index (χ4v) is 1.86. The van der Waals surface area contributed by atoms with E-state index in [0.717, 1.165) is 12.1 Å². The van der Waals surface area contributed by atoms with Gasteiger partial charge in [0.05, 0.1) is 23.2 Å². The number of benzene rings is 1. The van der Waals surface area contributed by atoms with Crippen molar-refractivity contribution in [3.8, 4) is 0 Å². The third-order valence-electron chi connectivity index (χ3n) is 2.57. The molecule has 0 fully saturated rings. The van der Waals surface area contributed by atoms with Crippen LogP contribution < -0.4 is 5.32 Å². The minimum absolute atomic E-state index is 0.254. The zero-order valence-corrected chi connectivity index (χ0v) is 11.5. The minimum atomic E-state index is -0.898. The normalized spacial score (nSPS) is 12.6. The highest BCUT2D eigenvalue weighted by Gasteiger charge is 2.19. The van der Waals surface area contributed by atoms with Gasteiger partial charge in [-0.15, -0.1) is 0 Å². The molecule has 2 N–H and O–H groups in total. The van der Waals surface area contributed by atoms with E-state index in [1.807, 2.05) is 13.8 Å². The van der Waals surface area contributed by atoms with Gasteiger partial charge in [-0.2, -0.15) is 0 Å². The number of rotatable bonds is 5. The first kappa shape index (κ1) is 15.9. The first-order chi connectivity index (χ1) is 8.85. The monoisotopic (exact) mass is 291 g/mol. The summed E-state index contributed by atoms with van der Waals surface area (Å²) in [5, 5.41) is 11.2. The predicted octanol–water partition coefficient (Wildman–Crippen LogP) is 2.76. The summed E-state index contributed by atoms with van der Waals surface area (Å²) in [4.78, 5) is 11.8. The van der Waals surface area contributed by atoms with Gasteiger partial charge in [-0.25, -0.2) is 8.78 Å². The smallest absolute Gasteiger partial charge is 0.254 e. The van der Waals surface area contributed by atoms with Crippen molar-refractivity contribution >= 4 is 17.5 Å². The summed E-state index contributed by atoms with van der Waals surface area (Å²) in [6.45, 7) is 3.59. The summed E-state index contributed by atoms with van der Waals surface area (Å²) >= 11 is 5.41. The summed E-state index contributed by atoms with van der Waals surface area (Å²) in [6.07, 6.45) is 0.542. The Labute approximate surface area is 115 Å². The van der Waals surface area contributed by atoms with Gasteiger partial charge < -0.3 is 10.4 Å². The van der Waals surface area contributed by atoms with E-state index in [1.165, 1.54) is 0 Å². The number of aliphatic hydroxyl groups is 1. The molecule has 0 radical (unpaired) electrons. The van der Waals surface area contributed by atoms with Crippen molar-refractivity contribution in [1.29, 1.82) is 0 Å². The lowest BCUT2D eigenvalue weighted by Crippen LogP contribution is -2.38. The number of amides is 1. The third-order valence-corrected chi connectivity index (χ3v) is 2.86. The number of aliphatic hydroxyl groups excluding tert-OH is 1. The summed E-state index contributed by atoms with van der Waals surface area (Å²) in [6, 6.07) is 1.00. The molecule has 0 saturated carbocycles. The number of halogens is 3. The maximum atomic E-state index is 13.5. The van der Waals surface area contributed by atoms with Crippen LogP contribution >= 0.6 is 11.6 Å². The topological polar surface area (TPSA) is 49.3 Å². The molecule has 19 heavy (non-hydrogen) atoms. The molecule has 1 rings (SSSR count). The van der Waals surface area contributed by atoms with Crippen LogP contribution in [0.2, 0.25) is 5.02 Å². The lowest BCUT2D eigenvalue weighted by Gasteiger charge is -2.18. The SMILES string of the molecule is CC(C)CC(CO)NC(=O)c1cc(F)c(Cl)cc1F. The average Bonchev–Trinajstić information content (AvgIpc) is 2.32. The molecule has 6 heteroatoms. The zero-order chi connectivity index (χ0) is 14.6. The Morgan fingerprint density at radius 3 is 2.53 bits per heavy atom. The lowest BCUT2D eigenvalue weighted by molar-refractivity contribution is 0.0904. The van der Waals surface area contributed by atoms with Crippen molar-refractivity contribution in [3.63, 3.8) is 0 Å². The lowest BCUT2D eigenvalue weighted by atomic mass is 10.0. The second-order valence-electron chi connectivity index (χ2n) is 4.73. The highest BCUT2D eigenvalue weighted by Crippen LogP contribution is 2.19. The van der Waals surface area contributed by atoms with Crippen molar-refractivity contribution in [2.75, 3.05) is 6.61 Å². The quantitative estimate of drug-likeness (QED) is 0.820. The Balaban J connectivity index is 2.85. The molecule has 1 amide bonds. The van der Waals surface area contributed by atoms with Gasteiger partial charge in [-0.05, 0) is 24.5 Å². The van der Waals surface area contributed by atoms with E-state index in [0.29, 0.717) is 6.42 Å². The van der Waals surface area contributed by atoms with Crippen LogP contribution in [0.1, 0.15) is 30.6 Å². The minimum Gasteiger partial charge on any atom is -0.394 e. The average molecular weight is 292 g/mol. The molecule has 0 bridgehead atoms. The highest BCUT2D eigenvalue weighted by molar-refractivity contribution is 6.30. The van der Waals surface area contributed by atoms with Crippen molar-refractivity contribution in [2.45, 2.75) is 26.3 Å². The fourth-order valence-electron chi connectivity index (χ4n) is 1.71. The maximum absolute atomic E-state index is 13.5. The molecule has 0 spiro atoms. The van der Waals surface area contributed by atoms with Crippen molar-refractivity contribution in [2.24, 2.45) is 5.92 Å². The number of carbonyl (C=O) groups excluding carboxylic acids is 1. The fraction of sp³-hybridized carbons (Fsp3) is 0.462. The molecule has 0 aliphatic rings. The molecule has 3 nitrogen and oxygen atoms in total. The van der Waals surface area contributed by atoms with Crippen molar-refractivity contribution in [1.82, 2.24) is 5.32 Å². The molecule has 0 heterocycles. The third kappa shape index (κ3) is 4.44. The van der Waals surface area contributed by atoms with Crippen molar-refractivity contribution in [3.05, 3.63) is 34.4 Å². The first-order valence-corrected chi connectivity index (χ1v) is 6.29. The molecule has 1 aromatic rings. The van der Waals surface area contributed by atoms with Gasteiger partial charge >= 0.3 is 0 Å².